The van der Waals surface area contributed by atoms with Crippen molar-refractivity contribution in [3.63, 3.8) is 0 Å². The molecule has 1 aromatic heterocycles. The van der Waals surface area contributed by atoms with Crippen molar-refractivity contribution >= 4 is 17.6 Å². The van der Waals surface area contributed by atoms with Crippen LogP contribution in [0.3, 0.4) is 0 Å². The summed E-state index contributed by atoms with van der Waals surface area (Å²) in [5.74, 6) is -0.482. The molecular formula is C15H21N5O2. The van der Waals surface area contributed by atoms with Crippen molar-refractivity contribution in [2.45, 2.75) is 38.4 Å². The number of carbonyl (C=O) groups is 2. The van der Waals surface area contributed by atoms with E-state index in [0.29, 0.717) is 12.1 Å². The van der Waals surface area contributed by atoms with Crippen molar-refractivity contribution in [2.75, 3.05) is 18.0 Å². The fourth-order valence-electron chi connectivity index (χ4n) is 3.49. The number of nitrogens with two attached hydrogens (primary N) is 1. The fourth-order valence-corrected chi connectivity index (χ4v) is 3.49. The van der Waals surface area contributed by atoms with E-state index >= 15 is 0 Å². The molecule has 2 fully saturated rings. The Kier molecular flexibility index (Phi) is 3.64. The number of fused-ring (bicyclic) bond motifs is 1. The van der Waals surface area contributed by atoms with E-state index in [4.69, 9.17) is 5.73 Å². The van der Waals surface area contributed by atoms with Gasteiger partial charge in [-0.15, -0.1) is 0 Å². The van der Waals surface area contributed by atoms with Crippen LogP contribution in [-0.4, -0.2) is 53.0 Å². The molecule has 0 aromatic carbocycles. The van der Waals surface area contributed by atoms with Crippen LogP contribution in [0, 0.1) is 0 Å². The lowest BCUT2D eigenvalue weighted by Gasteiger charge is -2.39. The van der Waals surface area contributed by atoms with Gasteiger partial charge in [-0.1, -0.05) is 0 Å². The number of amides is 3. The van der Waals surface area contributed by atoms with Crippen molar-refractivity contribution in [1.82, 2.24) is 15.2 Å². The van der Waals surface area contributed by atoms with Gasteiger partial charge in [0.2, 0.25) is 0 Å². The van der Waals surface area contributed by atoms with E-state index in [-0.39, 0.29) is 24.2 Å². The molecule has 7 heteroatoms. The average Bonchev–Trinajstić information content (AvgIpc) is 2.82. The molecule has 3 N–H and O–H groups in total. The molecule has 0 aliphatic carbocycles. The minimum Gasteiger partial charge on any atom is -0.369 e. The number of hydrogen-bond acceptors (Lipinski definition) is 4. The first-order chi connectivity index (χ1) is 10.5. The molecule has 3 rings (SSSR count). The number of aromatic nitrogens is 1. The highest BCUT2D eigenvalue weighted by Crippen LogP contribution is 2.29. The molecule has 3 amide bonds. The summed E-state index contributed by atoms with van der Waals surface area (Å²) >= 11 is 0. The van der Waals surface area contributed by atoms with E-state index < -0.39 is 5.91 Å². The quantitative estimate of drug-likeness (QED) is 0.853. The average molecular weight is 303 g/mol. The summed E-state index contributed by atoms with van der Waals surface area (Å²) in [6, 6.07) is 2.26. The molecule has 22 heavy (non-hydrogen) atoms. The van der Waals surface area contributed by atoms with Crippen LogP contribution in [0.15, 0.2) is 18.5 Å². The monoisotopic (exact) mass is 303 g/mol. The summed E-state index contributed by atoms with van der Waals surface area (Å²) in [6.07, 6.45) is 4.01. The predicted octanol–water partition coefficient (Wildman–Crippen LogP) is 0.561. The van der Waals surface area contributed by atoms with E-state index in [1.165, 1.54) is 6.20 Å². The van der Waals surface area contributed by atoms with Crippen LogP contribution in [0.25, 0.3) is 0 Å². The molecule has 118 valence electrons. The maximum absolute atomic E-state index is 12.1. The topological polar surface area (TPSA) is 91.6 Å². The molecule has 0 radical (unpaired) electrons. The Hall–Kier alpha value is -2.31. The van der Waals surface area contributed by atoms with Crippen LogP contribution in [0.2, 0.25) is 0 Å². The first-order valence-corrected chi connectivity index (χ1v) is 7.56. The molecule has 2 atom stereocenters. The predicted molar refractivity (Wildman–Crippen MR) is 82.7 cm³/mol. The Balaban J connectivity index is 1.82. The molecule has 1 aromatic rings. The number of pyridine rings is 1. The second-order valence-corrected chi connectivity index (χ2v) is 6.12. The molecular weight excluding hydrogens is 282 g/mol. The van der Waals surface area contributed by atoms with Gasteiger partial charge < -0.3 is 20.9 Å². The van der Waals surface area contributed by atoms with Gasteiger partial charge in [0.25, 0.3) is 5.91 Å². The number of hydrogen-bond donors (Lipinski definition) is 2. The first-order valence-electron chi connectivity index (χ1n) is 7.56. The highest BCUT2D eigenvalue weighted by Gasteiger charge is 2.43. The van der Waals surface area contributed by atoms with Gasteiger partial charge in [-0.3, -0.25) is 9.78 Å². The third-order valence-corrected chi connectivity index (χ3v) is 4.44. The maximum Gasteiger partial charge on any atom is 0.318 e. The smallest absolute Gasteiger partial charge is 0.318 e. The van der Waals surface area contributed by atoms with Crippen LogP contribution >= 0.6 is 0 Å². The molecule has 2 saturated heterocycles. The van der Waals surface area contributed by atoms with Crippen LogP contribution in [0.4, 0.5) is 10.5 Å². The van der Waals surface area contributed by atoms with Crippen molar-refractivity contribution in [2.24, 2.45) is 5.73 Å². The number of rotatable bonds is 3. The number of urea groups is 1. The van der Waals surface area contributed by atoms with Crippen LogP contribution in [0.1, 0.15) is 30.6 Å². The largest absolute Gasteiger partial charge is 0.369 e. The van der Waals surface area contributed by atoms with E-state index in [9.17, 15) is 9.59 Å². The number of piperidine rings is 1. The van der Waals surface area contributed by atoms with E-state index in [1.807, 2.05) is 18.7 Å². The highest BCUT2D eigenvalue weighted by molar-refractivity contribution is 5.98. The summed E-state index contributed by atoms with van der Waals surface area (Å²) in [7, 11) is 0. The summed E-state index contributed by atoms with van der Waals surface area (Å²) in [6.45, 7) is 5.51. The van der Waals surface area contributed by atoms with Gasteiger partial charge in [0.1, 0.15) is 0 Å². The van der Waals surface area contributed by atoms with Gasteiger partial charge in [0.15, 0.2) is 0 Å². The lowest BCUT2D eigenvalue weighted by atomic mass is 9.98. The van der Waals surface area contributed by atoms with Gasteiger partial charge in [-0.25, -0.2) is 4.79 Å². The lowest BCUT2D eigenvalue weighted by molar-refractivity contribution is 0.1000. The lowest BCUT2D eigenvalue weighted by Crippen LogP contribution is -2.52. The van der Waals surface area contributed by atoms with Crippen LogP contribution in [-0.2, 0) is 0 Å². The molecule has 7 nitrogen and oxygen atoms in total. The fraction of sp³-hybridized carbons (Fsp3) is 0.533. The van der Waals surface area contributed by atoms with Crippen LogP contribution < -0.4 is 16.0 Å². The third kappa shape index (κ3) is 2.36. The summed E-state index contributed by atoms with van der Waals surface area (Å²) in [5, 5.41) is 3.05. The number of nitrogens with zero attached hydrogens (tertiary/aromatic N) is 3. The van der Waals surface area contributed by atoms with Crippen molar-refractivity contribution in [3.8, 4) is 0 Å². The number of carbonyl (C=O) groups excluding carboxylic acids is 2. The Morgan fingerprint density at radius 2 is 2.27 bits per heavy atom. The zero-order valence-corrected chi connectivity index (χ0v) is 12.8. The summed E-state index contributed by atoms with van der Waals surface area (Å²) in [4.78, 5) is 31.7. The molecule has 0 saturated carbocycles. The Morgan fingerprint density at radius 1 is 1.50 bits per heavy atom. The second-order valence-electron chi connectivity index (χ2n) is 6.12. The molecule has 2 aliphatic heterocycles. The van der Waals surface area contributed by atoms with Gasteiger partial charge in [0.05, 0.1) is 23.3 Å². The van der Waals surface area contributed by atoms with Gasteiger partial charge in [-0.05, 0) is 26.3 Å². The minimum atomic E-state index is -0.482. The summed E-state index contributed by atoms with van der Waals surface area (Å²) in [5.41, 5.74) is 6.64. The highest BCUT2D eigenvalue weighted by atomic mass is 16.2. The first kappa shape index (κ1) is 14.6. The Morgan fingerprint density at radius 3 is 2.95 bits per heavy atom. The zero-order valence-electron chi connectivity index (χ0n) is 12.8. The molecule has 0 unspecified atom stereocenters. The SMILES string of the molecule is CC(C)N1C(=O)N[C@@H]2CN(c3ccncc3C(N)=O)CC[C@@H]21. The van der Waals surface area contributed by atoms with E-state index in [1.54, 1.807) is 12.3 Å². The molecule has 0 spiro atoms. The van der Waals surface area contributed by atoms with Crippen molar-refractivity contribution < 1.29 is 9.59 Å². The van der Waals surface area contributed by atoms with Crippen molar-refractivity contribution in [1.29, 1.82) is 0 Å². The van der Waals surface area contributed by atoms with Crippen LogP contribution in [0.5, 0.6) is 0 Å². The van der Waals surface area contributed by atoms with Crippen molar-refractivity contribution in [3.05, 3.63) is 24.0 Å². The minimum absolute atomic E-state index is 0.00305. The zero-order chi connectivity index (χ0) is 15.9. The van der Waals surface area contributed by atoms with Gasteiger partial charge >= 0.3 is 6.03 Å². The van der Waals surface area contributed by atoms with Gasteiger partial charge in [-0.2, -0.15) is 0 Å². The standard InChI is InChI=1S/C15H21N5O2/c1-9(2)20-13-4-6-19(8-11(13)18-15(20)22)12-3-5-17-7-10(12)14(16)21/h3,5,7,9,11,13H,4,6,8H2,1-2H3,(H2,16,21)(H,18,22)/t11-,13+/m1/s1. The Labute approximate surface area is 129 Å². The number of nitrogens with one attached hydrogen (secondary N) is 1. The van der Waals surface area contributed by atoms with E-state index in [0.717, 1.165) is 18.7 Å². The molecule has 0 bridgehead atoms. The summed E-state index contributed by atoms with van der Waals surface area (Å²) < 4.78 is 0. The third-order valence-electron chi connectivity index (χ3n) is 4.44. The maximum atomic E-state index is 12.1. The number of anilines is 1. The van der Waals surface area contributed by atoms with Gasteiger partial charge in [0, 0.05) is 31.5 Å². The van der Waals surface area contributed by atoms with E-state index in [2.05, 4.69) is 15.2 Å². The Bertz CT molecular complexity index is 603. The molecule has 3 heterocycles. The molecule has 2 aliphatic rings. The number of primary amides is 1. The second kappa shape index (κ2) is 5.47. The normalized spacial score (nSPS) is 24.4.